The van der Waals surface area contributed by atoms with Gasteiger partial charge in [-0.15, -0.1) is 0 Å². The first-order valence-corrected chi connectivity index (χ1v) is 10.3. The van der Waals surface area contributed by atoms with Gasteiger partial charge in [0.25, 0.3) is 0 Å². The molecule has 8 nitrogen and oxygen atoms in total. The van der Waals surface area contributed by atoms with E-state index in [4.69, 9.17) is 4.74 Å². The van der Waals surface area contributed by atoms with E-state index < -0.39 is 26.7 Å². The van der Waals surface area contributed by atoms with Crippen molar-refractivity contribution in [3.63, 3.8) is 0 Å². The number of nitro groups is 1. The van der Waals surface area contributed by atoms with Crippen molar-refractivity contribution in [3.8, 4) is 5.75 Å². The minimum atomic E-state index is -3.79. The van der Waals surface area contributed by atoms with Gasteiger partial charge >= 0.3 is 5.69 Å². The van der Waals surface area contributed by atoms with Crippen LogP contribution in [0.2, 0.25) is 0 Å². The number of carbonyl (C=O) groups is 1. The van der Waals surface area contributed by atoms with E-state index in [0.717, 1.165) is 18.9 Å². The number of hydrogen-bond acceptors (Lipinski definition) is 6. The fraction of sp³-hybridized carbons (Fsp3) is 0.316. The van der Waals surface area contributed by atoms with E-state index in [1.54, 1.807) is 30.3 Å². The topological polar surface area (TPSA) is 107 Å². The molecule has 1 heterocycles. The van der Waals surface area contributed by atoms with Crippen LogP contribution in [0.25, 0.3) is 0 Å². The molecule has 0 bridgehead atoms. The molecule has 148 valence electrons. The molecule has 28 heavy (non-hydrogen) atoms. The molecule has 9 heteroatoms. The Hall–Kier alpha value is -2.78. The van der Waals surface area contributed by atoms with Gasteiger partial charge in [-0.1, -0.05) is 30.3 Å². The van der Waals surface area contributed by atoms with Crippen molar-refractivity contribution in [1.82, 2.24) is 4.31 Å². The quantitative estimate of drug-likeness (QED) is 0.399. The Bertz CT molecular complexity index is 985. The van der Waals surface area contributed by atoms with Crippen LogP contribution in [-0.2, 0) is 10.0 Å². The predicted octanol–water partition coefficient (Wildman–Crippen LogP) is 3.03. The van der Waals surface area contributed by atoms with Gasteiger partial charge in [-0.05, 0) is 31.9 Å². The van der Waals surface area contributed by atoms with Crippen molar-refractivity contribution in [1.29, 1.82) is 0 Å². The molecule has 1 atom stereocenters. The maximum Gasteiger partial charge on any atom is 0.312 e. The van der Waals surface area contributed by atoms with Gasteiger partial charge in [-0.3, -0.25) is 14.9 Å². The van der Waals surface area contributed by atoms with Crippen molar-refractivity contribution in [3.05, 3.63) is 64.2 Å². The number of Topliss-reactive ketones (excluding diaryl/α,β-unsaturated/α-hetero) is 1. The number of sulfonamides is 1. The fourth-order valence-corrected chi connectivity index (χ4v) is 4.60. The van der Waals surface area contributed by atoms with Crippen LogP contribution < -0.4 is 4.74 Å². The van der Waals surface area contributed by atoms with Crippen LogP contribution in [0.15, 0.2) is 53.4 Å². The number of rotatable bonds is 7. The van der Waals surface area contributed by atoms with E-state index in [1.807, 2.05) is 0 Å². The molecule has 0 N–H and O–H groups in total. The lowest BCUT2D eigenvalue weighted by Crippen LogP contribution is -2.28. The second kappa shape index (κ2) is 8.07. The van der Waals surface area contributed by atoms with Gasteiger partial charge in [0.15, 0.2) is 11.9 Å². The molecule has 1 aliphatic heterocycles. The molecule has 1 aliphatic rings. The van der Waals surface area contributed by atoms with Crippen LogP contribution >= 0.6 is 0 Å². The van der Waals surface area contributed by atoms with Crippen LogP contribution in [0.5, 0.6) is 5.75 Å². The number of ether oxygens (including phenoxy) is 1. The minimum Gasteiger partial charge on any atom is -0.475 e. The number of nitro benzene ring substituents is 1. The van der Waals surface area contributed by atoms with Crippen molar-refractivity contribution >= 4 is 21.5 Å². The Labute approximate surface area is 162 Å². The van der Waals surface area contributed by atoms with Crippen LogP contribution in [0.3, 0.4) is 0 Å². The molecule has 0 radical (unpaired) electrons. The molecule has 2 aromatic carbocycles. The van der Waals surface area contributed by atoms with Crippen LogP contribution in [0.1, 0.15) is 30.1 Å². The lowest BCUT2D eigenvalue weighted by molar-refractivity contribution is -0.386. The Morgan fingerprint density at radius 1 is 1.14 bits per heavy atom. The van der Waals surface area contributed by atoms with Gasteiger partial charge in [0, 0.05) is 24.7 Å². The Morgan fingerprint density at radius 3 is 2.39 bits per heavy atom. The molecule has 0 aliphatic carbocycles. The molecular weight excluding hydrogens is 384 g/mol. The summed E-state index contributed by atoms with van der Waals surface area (Å²) >= 11 is 0. The molecule has 2 aromatic rings. The Kier molecular flexibility index (Phi) is 5.76. The zero-order chi connectivity index (χ0) is 20.3. The molecule has 1 unspecified atom stereocenters. The van der Waals surface area contributed by atoms with Crippen molar-refractivity contribution in [2.75, 3.05) is 13.1 Å². The number of hydrogen-bond donors (Lipinski definition) is 0. The third-order valence-corrected chi connectivity index (χ3v) is 6.46. The fourth-order valence-electron chi connectivity index (χ4n) is 3.06. The standard InChI is InChI=1S/C19H20N2O6S/c1-14(19(22)15-7-3-2-4-8-15)27-18-10-9-16(13-17(18)21(23)24)28(25,26)20-11-5-6-12-20/h2-4,7-10,13-14H,5-6,11-12H2,1H3. The number of ketones is 1. The highest BCUT2D eigenvalue weighted by Crippen LogP contribution is 2.32. The summed E-state index contributed by atoms with van der Waals surface area (Å²) in [6.07, 6.45) is 0.561. The summed E-state index contributed by atoms with van der Waals surface area (Å²) in [6, 6.07) is 11.9. The van der Waals surface area contributed by atoms with E-state index in [2.05, 4.69) is 0 Å². The van der Waals surface area contributed by atoms with Gasteiger partial charge in [0.05, 0.1) is 9.82 Å². The molecule has 1 fully saturated rings. The summed E-state index contributed by atoms with van der Waals surface area (Å²) in [7, 11) is -3.79. The number of carbonyl (C=O) groups excluding carboxylic acids is 1. The Morgan fingerprint density at radius 2 is 1.79 bits per heavy atom. The summed E-state index contributed by atoms with van der Waals surface area (Å²) in [5.41, 5.74) is -0.0705. The lowest BCUT2D eigenvalue weighted by Gasteiger charge is -2.17. The molecule has 0 spiro atoms. The third-order valence-electron chi connectivity index (χ3n) is 4.56. The molecule has 0 saturated carbocycles. The van der Waals surface area contributed by atoms with Crippen molar-refractivity contribution < 1.29 is 22.9 Å². The maximum absolute atomic E-state index is 12.6. The van der Waals surface area contributed by atoms with Crippen LogP contribution in [0, 0.1) is 10.1 Å². The Balaban J connectivity index is 1.87. The zero-order valence-corrected chi connectivity index (χ0v) is 16.1. The largest absolute Gasteiger partial charge is 0.475 e. The first kappa shape index (κ1) is 20.0. The summed E-state index contributed by atoms with van der Waals surface area (Å²) in [5.74, 6) is -0.481. The molecule has 0 aromatic heterocycles. The molecule has 3 rings (SSSR count). The third kappa shape index (κ3) is 4.05. The summed E-state index contributed by atoms with van der Waals surface area (Å²) < 4.78 is 32.1. The van der Waals surface area contributed by atoms with Gasteiger partial charge in [0.1, 0.15) is 0 Å². The van der Waals surface area contributed by atoms with E-state index in [-0.39, 0.29) is 16.4 Å². The van der Waals surface area contributed by atoms with E-state index in [1.165, 1.54) is 23.4 Å². The highest BCUT2D eigenvalue weighted by Gasteiger charge is 2.30. The first-order valence-electron chi connectivity index (χ1n) is 8.85. The average molecular weight is 404 g/mol. The maximum atomic E-state index is 12.6. The van der Waals surface area contributed by atoms with Crippen LogP contribution in [-0.4, -0.2) is 42.6 Å². The first-order chi connectivity index (χ1) is 13.3. The van der Waals surface area contributed by atoms with Crippen LogP contribution in [0.4, 0.5) is 5.69 Å². The monoisotopic (exact) mass is 404 g/mol. The zero-order valence-electron chi connectivity index (χ0n) is 15.3. The summed E-state index contributed by atoms with van der Waals surface area (Å²) in [5, 5.41) is 11.5. The average Bonchev–Trinajstić information content (AvgIpc) is 3.23. The van der Waals surface area contributed by atoms with Gasteiger partial charge in [-0.25, -0.2) is 8.42 Å². The second-order valence-corrected chi connectivity index (χ2v) is 8.43. The molecule has 1 saturated heterocycles. The van der Waals surface area contributed by atoms with E-state index in [9.17, 15) is 23.3 Å². The predicted molar refractivity (Wildman–Crippen MR) is 102 cm³/mol. The van der Waals surface area contributed by atoms with Crippen molar-refractivity contribution in [2.24, 2.45) is 0 Å². The van der Waals surface area contributed by atoms with Gasteiger partial charge < -0.3 is 4.74 Å². The smallest absolute Gasteiger partial charge is 0.312 e. The highest BCUT2D eigenvalue weighted by molar-refractivity contribution is 7.89. The summed E-state index contributed by atoms with van der Waals surface area (Å²) in [4.78, 5) is 23.0. The minimum absolute atomic E-state index is 0.151. The normalized spacial score (nSPS) is 15.9. The lowest BCUT2D eigenvalue weighted by atomic mass is 10.1. The second-order valence-electron chi connectivity index (χ2n) is 6.49. The van der Waals surface area contributed by atoms with Gasteiger partial charge in [-0.2, -0.15) is 4.31 Å². The van der Waals surface area contributed by atoms with Gasteiger partial charge in [0.2, 0.25) is 15.8 Å². The van der Waals surface area contributed by atoms with E-state index >= 15 is 0 Å². The number of nitrogens with zero attached hydrogens (tertiary/aromatic N) is 2. The molecular formula is C19H20N2O6S. The number of benzene rings is 2. The van der Waals surface area contributed by atoms with E-state index in [0.29, 0.717) is 18.7 Å². The van der Waals surface area contributed by atoms with Crippen molar-refractivity contribution in [2.45, 2.75) is 30.8 Å². The molecule has 0 amide bonds. The summed E-state index contributed by atoms with van der Waals surface area (Å²) in [6.45, 7) is 2.29. The highest BCUT2D eigenvalue weighted by atomic mass is 32.2. The SMILES string of the molecule is CC(Oc1ccc(S(=O)(=O)N2CCCC2)cc1[N+](=O)[O-])C(=O)c1ccccc1.